The number of hydrogen-bond acceptors (Lipinski definition) is 4. The molecule has 4 rings (SSSR count). The van der Waals surface area contributed by atoms with Gasteiger partial charge in [0.1, 0.15) is 6.61 Å². The van der Waals surface area contributed by atoms with E-state index in [4.69, 9.17) is 14.2 Å². The highest BCUT2D eigenvalue weighted by Crippen LogP contribution is 2.35. The van der Waals surface area contributed by atoms with Crippen LogP contribution in [0.5, 0.6) is 0 Å². The summed E-state index contributed by atoms with van der Waals surface area (Å²) >= 11 is 0. The molecule has 0 N–H and O–H groups in total. The molecule has 1 saturated heterocycles. The second-order valence-electron chi connectivity index (χ2n) is 8.22. The van der Waals surface area contributed by atoms with Gasteiger partial charge in [0.05, 0.1) is 25.4 Å². The lowest BCUT2D eigenvalue weighted by Crippen LogP contribution is -2.45. The smallest absolute Gasteiger partial charge is 0.338 e. The van der Waals surface area contributed by atoms with E-state index in [-0.39, 0.29) is 18.0 Å². The zero-order chi connectivity index (χ0) is 23.4. The summed E-state index contributed by atoms with van der Waals surface area (Å²) in [5.41, 5.74) is 4.06. The summed E-state index contributed by atoms with van der Waals surface area (Å²) < 4.78 is 16.8. The van der Waals surface area contributed by atoms with Gasteiger partial charge in [-0.25, -0.2) is 4.79 Å². The van der Waals surface area contributed by atoms with Crippen LogP contribution in [-0.4, -0.2) is 25.8 Å². The van der Waals surface area contributed by atoms with Gasteiger partial charge in [-0.05, 0) is 41.7 Å². The van der Waals surface area contributed by atoms with Gasteiger partial charge in [0.25, 0.3) is 0 Å². The van der Waals surface area contributed by atoms with Crippen molar-refractivity contribution in [2.24, 2.45) is 5.41 Å². The highest BCUT2D eigenvalue weighted by molar-refractivity contribution is 5.89. The van der Waals surface area contributed by atoms with Gasteiger partial charge in [-0.2, -0.15) is 0 Å². The summed E-state index contributed by atoms with van der Waals surface area (Å²) in [4.78, 5) is 12.3. The first-order valence-corrected chi connectivity index (χ1v) is 11.7. The van der Waals surface area contributed by atoms with Gasteiger partial charge in [-0.3, -0.25) is 0 Å². The Kier molecular flexibility index (Phi) is 9.67. The molecule has 0 aliphatic carbocycles. The summed E-state index contributed by atoms with van der Waals surface area (Å²) in [5, 5.41) is 0. The SMILES string of the molecule is CC.O=C(OCc1ccccc1)c1ccc(CC2(CCOCc3ccccc3)COC2)cc1. The van der Waals surface area contributed by atoms with Gasteiger partial charge in [-0.1, -0.05) is 86.6 Å². The molecule has 4 nitrogen and oxygen atoms in total. The molecule has 3 aromatic carbocycles. The fourth-order valence-electron chi connectivity index (χ4n) is 3.78. The molecular weight excluding hydrogens is 412 g/mol. The molecule has 0 radical (unpaired) electrons. The second-order valence-corrected chi connectivity index (χ2v) is 8.22. The number of carbonyl (C=O) groups is 1. The maximum Gasteiger partial charge on any atom is 0.338 e. The fraction of sp³-hybridized carbons (Fsp3) is 0.345. The average Bonchev–Trinajstić information content (AvgIpc) is 2.86. The topological polar surface area (TPSA) is 44.8 Å². The molecule has 4 heteroatoms. The molecule has 33 heavy (non-hydrogen) atoms. The summed E-state index contributed by atoms with van der Waals surface area (Å²) in [6.07, 6.45) is 1.88. The second kappa shape index (κ2) is 12.9. The van der Waals surface area contributed by atoms with E-state index in [1.165, 1.54) is 11.1 Å². The minimum Gasteiger partial charge on any atom is -0.457 e. The van der Waals surface area contributed by atoms with Crippen LogP contribution < -0.4 is 0 Å². The Labute approximate surface area is 197 Å². The molecule has 0 aromatic heterocycles. The molecule has 0 atom stereocenters. The van der Waals surface area contributed by atoms with Crippen molar-refractivity contribution in [3.63, 3.8) is 0 Å². The van der Waals surface area contributed by atoms with Crippen LogP contribution in [0.25, 0.3) is 0 Å². The summed E-state index contributed by atoms with van der Waals surface area (Å²) in [6, 6.07) is 27.7. The minimum absolute atomic E-state index is 0.117. The van der Waals surface area contributed by atoms with Crippen molar-refractivity contribution in [2.45, 2.75) is 39.9 Å². The van der Waals surface area contributed by atoms with Crippen LogP contribution in [0.15, 0.2) is 84.9 Å². The third-order valence-electron chi connectivity index (χ3n) is 5.69. The van der Waals surface area contributed by atoms with Crippen LogP contribution in [0.2, 0.25) is 0 Å². The van der Waals surface area contributed by atoms with Crippen LogP contribution in [-0.2, 0) is 33.8 Å². The lowest BCUT2D eigenvalue weighted by molar-refractivity contribution is -0.126. The zero-order valence-electron chi connectivity index (χ0n) is 19.7. The van der Waals surface area contributed by atoms with Gasteiger partial charge in [0, 0.05) is 12.0 Å². The standard InChI is InChI=1S/C27H28O4.C2H6/c28-26(31-19-24-9-5-2-6-10-24)25-13-11-22(12-14-25)17-27(20-30-21-27)15-16-29-18-23-7-3-1-4-8-23;1-2/h1-14H,15-21H2;1-2H3. The lowest BCUT2D eigenvalue weighted by atomic mass is 9.77. The molecule has 174 valence electrons. The minimum atomic E-state index is -0.300. The first kappa shape index (κ1) is 24.7. The number of ether oxygens (including phenoxy) is 3. The van der Waals surface area contributed by atoms with Gasteiger partial charge >= 0.3 is 5.97 Å². The highest BCUT2D eigenvalue weighted by atomic mass is 16.5. The first-order chi connectivity index (χ1) is 16.2. The molecular formula is C29H34O4. The molecule has 3 aromatic rings. The molecule has 1 aliphatic rings. The predicted molar refractivity (Wildman–Crippen MR) is 131 cm³/mol. The summed E-state index contributed by atoms with van der Waals surface area (Å²) in [6.45, 7) is 7.13. The van der Waals surface area contributed by atoms with Gasteiger partial charge < -0.3 is 14.2 Å². The quantitative estimate of drug-likeness (QED) is 0.273. The van der Waals surface area contributed by atoms with Crippen LogP contribution >= 0.6 is 0 Å². The van der Waals surface area contributed by atoms with E-state index in [9.17, 15) is 4.79 Å². The molecule has 0 spiro atoms. The number of benzene rings is 3. The van der Waals surface area contributed by atoms with Crippen molar-refractivity contribution in [1.29, 1.82) is 0 Å². The molecule has 0 bridgehead atoms. The van der Waals surface area contributed by atoms with Crippen molar-refractivity contribution >= 4 is 5.97 Å². The van der Waals surface area contributed by atoms with Crippen molar-refractivity contribution in [3.8, 4) is 0 Å². The van der Waals surface area contributed by atoms with Gasteiger partial charge in [-0.15, -0.1) is 0 Å². The molecule has 1 fully saturated rings. The monoisotopic (exact) mass is 446 g/mol. The van der Waals surface area contributed by atoms with Crippen LogP contribution in [0, 0.1) is 5.41 Å². The third kappa shape index (κ3) is 7.55. The maximum absolute atomic E-state index is 12.3. The largest absolute Gasteiger partial charge is 0.457 e. The number of rotatable bonds is 10. The lowest BCUT2D eigenvalue weighted by Gasteiger charge is -2.41. The third-order valence-corrected chi connectivity index (χ3v) is 5.69. The Bertz CT molecular complexity index is 948. The van der Waals surface area contributed by atoms with E-state index in [1.54, 1.807) is 0 Å². The van der Waals surface area contributed by atoms with E-state index < -0.39 is 0 Å². The Morgan fingerprint density at radius 2 is 1.36 bits per heavy atom. The average molecular weight is 447 g/mol. The fourth-order valence-corrected chi connectivity index (χ4v) is 3.78. The molecule has 0 amide bonds. The van der Waals surface area contributed by atoms with Gasteiger partial charge in [0.2, 0.25) is 0 Å². The van der Waals surface area contributed by atoms with Crippen LogP contribution in [0.4, 0.5) is 0 Å². The predicted octanol–water partition coefficient (Wildman–Crippen LogP) is 6.24. The van der Waals surface area contributed by atoms with Gasteiger partial charge in [0.15, 0.2) is 0 Å². The van der Waals surface area contributed by atoms with Crippen molar-refractivity contribution in [1.82, 2.24) is 0 Å². The number of carbonyl (C=O) groups excluding carboxylic acids is 1. The van der Waals surface area contributed by atoms with E-state index in [1.807, 2.05) is 86.6 Å². The number of hydrogen-bond donors (Lipinski definition) is 0. The Morgan fingerprint density at radius 1 is 0.788 bits per heavy atom. The van der Waals surface area contributed by atoms with Crippen LogP contribution in [0.1, 0.15) is 47.3 Å². The van der Waals surface area contributed by atoms with E-state index in [2.05, 4.69) is 12.1 Å². The summed E-state index contributed by atoms with van der Waals surface area (Å²) in [5.74, 6) is -0.300. The molecule has 1 heterocycles. The molecule has 0 saturated carbocycles. The normalized spacial score (nSPS) is 13.9. The Hall–Kier alpha value is -2.95. The Balaban J connectivity index is 0.00000149. The molecule has 1 aliphatic heterocycles. The Morgan fingerprint density at radius 3 is 1.91 bits per heavy atom. The van der Waals surface area contributed by atoms with E-state index >= 15 is 0 Å². The number of esters is 1. The maximum atomic E-state index is 12.3. The van der Waals surface area contributed by atoms with E-state index in [0.717, 1.165) is 31.6 Å². The first-order valence-electron chi connectivity index (χ1n) is 11.7. The van der Waals surface area contributed by atoms with Crippen LogP contribution in [0.3, 0.4) is 0 Å². The molecule has 0 unspecified atom stereocenters. The van der Waals surface area contributed by atoms with E-state index in [0.29, 0.717) is 18.8 Å². The summed E-state index contributed by atoms with van der Waals surface area (Å²) in [7, 11) is 0. The van der Waals surface area contributed by atoms with Crippen molar-refractivity contribution < 1.29 is 19.0 Å². The zero-order valence-corrected chi connectivity index (χ0v) is 19.7. The van der Waals surface area contributed by atoms with Crippen molar-refractivity contribution in [3.05, 3.63) is 107 Å². The van der Waals surface area contributed by atoms with Crippen molar-refractivity contribution in [2.75, 3.05) is 19.8 Å². The highest BCUT2D eigenvalue weighted by Gasteiger charge is 2.38.